The summed E-state index contributed by atoms with van der Waals surface area (Å²) >= 11 is 0. The van der Waals surface area contributed by atoms with Crippen molar-refractivity contribution < 1.29 is 23.4 Å². The molecule has 2 heterocycles. The Labute approximate surface area is 164 Å². The summed E-state index contributed by atoms with van der Waals surface area (Å²) in [5.74, 6) is -1.82. The monoisotopic (exact) mass is 405 g/mol. The number of nitrogens with two attached hydrogens (primary N) is 1. The molecule has 0 bridgehead atoms. The summed E-state index contributed by atoms with van der Waals surface area (Å²) in [5.41, 5.74) is 4.94. The van der Waals surface area contributed by atoms with Crippen LogP contribution in [0.2, 0.25) is 0 Å². The highest BCUT2D eigenvalue weighted by molar-refractivity contribution is 5.86. The average molecular weight is 405 g/mol. The van der Waals surface area contributed by atoms with Gasteiger partial charge >= 0.3 is 6.16 Å². The number of benzene rings is 1. The molecule has 0 radical (unpaired) electrons. The van der Waals surface area contributed by atoms with Crippen molar-refractivity contribution in [2.75, 3.05) is 18.0 Å². The van der Waals surface area contributed by atoms with Crippen LogP contribution >= 0.6 is 0 Å². The highest BCUT2D eigenvalue weighted by Gasteiger charge is 2.55. The van der Waals surface area contributed by atoms with Gasteiger partial charge in [-0.15, -0.1) is 0 Å². The molecular formula is C20H21F2N3O4. The lowest BCUT2D eigenvalue weighted by atomic mass is 9.60. The molecule has 1 aliphatic heterocycles. The second-order valence-electron chi connectivity index (χ2n) is 8.67. The smallest absolute Gasteiger partial charge is 0.449 e. The lowest BCUT2D eigenvalue weighted by Gasteiger charge is -2.47. The third-order valence-electron chi connectivity index (χ3n) is 6.90. The molecule has 2 saturated carbocycles. The summed E-state index contributed by atoms with van der Waals surface area (Å²) < 4.78 is 36.8. The largest absolute Gasteiger partial charge is 0.511 e. The predicted octanol–water partition coefficient (Wildman–Crippen LogP) is 2.84. The number of hydrogen-bond donors (Lipinski definition) is 2. The van der Waals surface area contributed by atoms with Gasteiger partial charge < -0.3 is 25.0 Å². The molecule has 1 saturated heterocycles. The van der Waals surface area contributed by atoms with Crippen LogP contribution in [0.1, 0.15) is 32.2 Å². The van der Waals surface area contributed by atoms with E-state index in [1.807, 2.05) is 6.92 Å². The minimum atomic E-state index is -1.65. The van der Waals surface area contributed by atoms with Crippen LogP contribution in [-0.4, -0.2) is 35.0 Å². The quantitative estimate of drug-likeness (QED) is 0.762. The standard InChI is InChI=1S/C20H21F2N3O4/c1-20-8-24(6-9(20)4-14(20)23)17-12(21)5-11-16(15(17)22)25(10-2-3-10)7-13(18(11)26)29-19(27)28/h5,7,9-10,14H,2-4,6,8,23H2,1H3,(H,27,28)/t9-,14-,20+/m0/s1. The van der Waals surface area contributed by atoms with Crippen molar-refractivity contribution in [2.24, 2.45) is 17.1 Å². The Balaban J connectivity index is 1.69. The molecule has 3 N–H and O–H groups in total. The summed E-state index contributed by atoms with van der Waals surface area (Å²) in [4.78, 5) is 25.2. The molecule has 2 aromatic rings. The topological polar surface area (TPSA) is 97.8 Å². The zero-order valence-electron chi connectivity index (χ0n) is 15.8. The molecule has 1 aromatic carbocycles. The number of halogens is 2. The number of fused-ring (bicyclic) bond motifs is 2. The Morgan fingerprint density at radius 1 is 1.38 bits per heavy atom. The van der Waals surface area contributed by atoms with Gasteiger partial charge in [0.05, 0.1) is 17.1 Å². The Bertz CT molecular complexity index is 1110. The summed E-state index contributed by atoms with van der Waals surface area (Å²) in [6.07, 6.45) is 1.90. The Morgan fingerprint density at radius 2 is 2.10 bits per heavy atom. The van der Waals surface area contributed by atoms with Crippen LogP contribution in [0.15, 0.2) is 17.1 Å². The SMILES string of the molecule is C[C@@]12CN(c3c(F)cc4c(=O)c(OC(=O)O)cn(C5CC5)c4c3F)C[C@@H]1C[C@@H]2N. The molecule has 9 heteroatoms. The lowest BCUT2D eigenvalue weighted by molar-refractivity contribution is 0.0721. The van der Waals surface area contributed by atoms with E-state index < -0.39 is 29.0 Å². The van der Waals surface area contributed by atoms with E-state index in [0.29, 0.717) is 13.1 Å². The second-order valence-corrected chi connectivity index (χ2v) is 8.67. The predicted molar refractivity (Wildman–Crippen MR) is 101 cm³/mol. The van der Waals surface area contributed by atoms with Crippen molar-refractivity contribution in [3.8, 4) is 5.75 Å². The number of carbonyl (C=O) groups is 1. The fourth-order valence-electron chi connectivity index (χ4n) is 4.93. The second kappa shape index (κ2) is 5.91. The minimum absolute atomic E-state index is 0.00412. The highest BCUT2D eigenvalue weighted by Crippen LogP contribution is 2.52. The minimum Gasteiger partial charge on any atom is -0.449 e. The maximum Gasteiger partial charge on any atom is 0.511 e. The maximum atomic E-state index is 15.7. The van der Waals surface area contributed by atoms with E-state index in [0.717, 1.165) is 25.3 Å². The molecule has 0 amide bonds. The van der Waals surface area contributed by atoms with Gasteiger partial charge in [-0.2, -0.15) is 0 Å². The summed E-state index contributed by atoms with van der Waals surface area (Å²) in [7, 11) is 0. The van der Waals surface area contributed by atoms with Crippen LogP contribution < -0.4 is 20.8 Å². The third kappa shape index (κ3) is 2.56. The summed E-state index contributed by atoms with van der Waals surface area (Å²) in [6, 6.07) is 0.916. The molecule has 29 heavy (non-hydrogen) atoms. The first-order valence-electron chi connectivity index (χ1n) is 9.69. The number of nitrogens with zero attached hydrogens (tertiary/aromatic N) is 2. The van der Waals surface area contributed by atoms with Gasteiger partial charge in [0.2, 0.25) is 5.43 Å². The Kier molecular flexibility index (Phi) is 3.74. The molecule has 0 unspecified atom stereocenters. The molecule has 7 nitrogen and oxygen atoms in total. The van der Waals surface area contributed by atoms with Gasteiger partial charge in [0.1, 0.15) is 11.5 Å². The van der Waals surface area contributed by atoms with Crippen molar-refractivity contribution in [1.29, 1.82) is 0 Å². The molecule has 3 aliphatic rings. The summed E-state index contributed by atoms with van der Waals surface area (Å²) in [5, 5.41) is 8.65. The van der Waals surface area contributed by atoms with E-state index in [-0.39, 0.29) is 40.0 Å². The number of anilines is 1. The van der Waals surface area contributed by atoms with E-state index in [9.17, 15) is 9.59 Å². The first-order valence-corrected chi connectivity index (χ1v) is 9.69. The van der Waals surface area contributed by atoms with Crippen LogP contribution in [0, 0.1) is 23.0 Å². The molecule has 154 valence electrons. The molecule has 2 aliphatic carbocycles. The van der Waals surface area contributed by atoms with Gasteiger partial charge in [0, 0.05) is 30.6 Å². The fraction of sp³-hybridized carbons (Fsp3) is 0.500. The average Bonchev–Trinajstić information content (AvgIpc) is 3.44. The number of aromatic nitrogens is 1. The lowest BCUT2D eigenvalue weighted by Crippen LogP contribution is -2.55. The molecular weight excluding hydrogens is 384 g/mol. The first-order chi connectivity index (χ1) is 13.7. The number of ether oxygens (including phenoxy) is 1. The Hall–Kier alpha value is -2.68. The van der Waals surface area contributed by atoms with Gasteiger partial charge in [-0.05, 0) is 31.2 Å². The number of rotatable bonds is 3. The van der Waals surface area contributed by atoms with E-state index in [4.69, 9.17) is 10.8 Å². The van der Waals surface area contributed by atoms with Gasteiger partial charge in [-0.25, -0.2) is 13.6 Å². The van der Waals surface area contributed by atoms with Gasteiger partial charge in [0.15, 0.2) is 11.6 Å². The summed E-state index contributed by atoms with van der Waals surface area (Å²) in [6.45, 7) is 3.00. The van der Waals surface area contributed by atoms with Crippen LogP contribution in [-0.2, 0) is 0 Å². The van der Waals surface area contributed by atoms with Crippen molar-refractivity contribution >= 4 is 22.7 Å². The maximum absolute atomic E-state index is 15.7. The van der Waals surface area contributed by atoms with Crippen molar-refractivity contribution in [3.63, 3.8) is 0 Å². The molecule has 5 rings (SSSR count). The number of pyridine rings is 1. The van der Waals surface area contributed by atoms with Crippen molar-refractivity contribution in [3.05, 3.63) is 34.1 Å². The first kappa shape index (κ1) is 18.4. The van der Waals surface area contributed by atoms with Crippen LogP contribution in [0.3, 0.4) is 0 Å². The van der Waals surface area contributed by atoms with Crippen molar-refractivity contribution in [2.45, 2.75) is 38.3 Å². The van der Waals surface area contributed by atoms with Gasteiger partial charge in [0.25, 0.3) is 0 Å². The van der Waals surface area contributed by atoms with Gasteiger partial charge in [-0.3, -0.25) is 4.79 Å². The van der Waals surface area contributed by atoms with Gasteiger partial charge in [-0.1, -0.05) is 6.92 Å². The molecule has 0 spiro atoms. The van der Waals surface area contributed by atoms with Crippen LogP contribution in [0.25, 0.3) is 10.9 Å². The third-order valence-corrected chi connectivity index (χ3v) is 6.90. The van der Waals surface area contributed by atoms with Crippen LogP contribution in [0.5, 0.6) is 5.75 Å². The number of hydrogen-bond acceptors (Lipinski definition) is 5. The molecule has 1 aromatic heterocycles. The Morgan fingerprint density at radius 3 is 2.69 bits per heavy atom. The normalized spacial score (nSPS) is 28.3. The fourth-order valence-corrected chi connectivity index (χ4v) is 4.93. The van der Waals surface area contributed by atoms with Crippen LogP contribution in [0.4, 0.5) is 19.3 Å². The van der Waals surface area contributed by atoms with E-state index in [1.54, 1.807) is 4.90 Å². The van der Waals surface area contributed by atoms with E-state index in [1.165, 1.54) is 10.8 Å². The van der Waals surface area contributed by atoms with E-state index in [2.05, 4.69) is 4.74 Å². The zero-order chi connectivity index (χ0) is 20.7. The van der Waals surface area contributed by atoms with Crippen molar-refractivity contribution in [1.82, 2.24) is 4.57 Å². The molecule has 3 fully saturated rings. The number of carboxylic acid groups (broad SMARTS) is 1. The zero-order valence-corrected chi connectivity index (χ0v) is 15.8. The molecule has 3 atom stereocenters. The van der Waals surface area contributed by atoms with E-state index >= 15 is 8.78 Å². The highest BCUT2D eigenvalue weighted by atomic mass is 19.1.